The number of hydrogen-bond acceptors (Lipinski definition) is 6. The van der Waals surface area contributed by atoms with Gasteiger partial charge in [-0.2, -0.15) is 0 Å². The van der Waals surface area contributed by atoms with Crippen LogP contribution in [-0.2, 0) is 22.4 Å². The summed E-state index contributed by atoms with van der Waals surface area (Å²) in [6.07, 6.45) is 4.90. The zero-order valence-electron chi connectivity index (χ0n) is 17.3. The van der Waals surface area contributed by atoms with Crippen molar-refractivity contribution in [1.82, 2.24) is 15.3 Å². The summed E-state index contributed by atoms with van der Waals surface area (Å²) in [5.74, 6) is -0.207. The first-order valence-electron chi connectivity index (χ1n) is 9.95. The average Bonchev–Trinajstić information content (AvgIpc) is 3.28. The molecule has 156 valence electrons. The molecule has 1 aliphatic rings. The molecule has 0 saturated heterocycles. The Morgan fingerprint density at radius 3 is 2.63 bits per heavy atom. The number of aryl methyl sites for hydroxylation is 5. The standard InChI is InChI=1S/C22H24N4O2S2/c1-12-7-13(2)20(14(3)8-12)26-17(27)9-23-18(28)10-29-21-19-15-5-4-6-16(15)30-22(19)25-11-24-21/h7-8,11H,4-6,9-10H2,1-3H3,(H,23,28)(H,26,27). The largest absolute Gasteiger partial charge is 0.346 e. The van der Waals surface area contributed by atoms with Crippen molar-refractivity contribution in [2.45, 2.75) is 45.1 Å². The summed E-state index contributed by atoms with van der Waals surface area (Å²) < 4.78 is 0. The summed E-state index contributed by atoms with van der Waals surface area (Å²) in [6, 6.07) is 4.06. The molecular weight excluding hydrogens is 416 g/mol. The highest BCUT2D eigenvalue weighted by atomic mass is 32.2. The number of fused-ring (bicyclic) bond motifs is 3. The van der Waals surface area contributed by atoms with Gasteiger partial charge in [0.2, 0.25) is 11.8 Å². The van der Waals surface area contributed by atoms with Gasteiger partial charge in [0.05, 0.1) is 12.3 Å². The molecule has 0 aliphatic heterocycles. The Bertz CT molecular complexity index is 1120. The van der Waals surface area contributed by atoms with Crippen LogP contribution in [0.15, 0.2) is 23.5 Å². The molecule has 6 nitrogen and oxygen atoms in total. The number of carbonyl (C=O) groups is 2. The minimum atomic E-state index is -0.233. The van der Waals surface area contributed by atoms with Crippen molar-refractivity contribution in [3.63, 3.8) is 0 Å². The molecule has 2 N–H and O–H groups in total. The zero-order chi connectivity index (χ0) is 21.3. The summed E-state index contributed by atoms with van der Waals surface area (Å²) in [6.45, 7) is 5.90. The summed E-state index contributed by atoms with van der Waals surface area (Å²) >= 11 is 3.14. The lowest BCUT2D eigenvalue weighted by atomic mass is 10.1. The predicted octanol–water partition coefficient (Wildman–Crippen LogP) is 3.95. The van der Waals surface area contributed by atoms with Gasteiger partial charge in [-0.25, -0.2) is 9.97 Å². The van der Waals surface area contributed by atoms with E-state index in [4.69, 9.17) is 0 Å². The molecule has 30 heavy (non-hydrogen) atoms. The van der Waals surface area contributed by atoms with E-state index in [-0.39, 0.29) is 24.1 Å². The number of carbonyl (C=O) groups excluding carboxylic acids is 2. The molecule has 0 bridgehead atoms. The Balaban J connectivity index is 1.33. The van der Waals surface area contributed by atoms with Crippen LogP contribution in [-0.4, -0.2) is 34.1 Å². The number of rotatable bonds is 6. The van der Waals surface area contributed by atoms with Crippen molar-refractivity contribution in [3.05, 3.63) is 45.6 Å². The van der Waals surface area contributed by atoms with E-state index >= 15 is 0 Å². The van der Waals surface area contributed by atoms with Crippen LogP contribution < -0.4 is 10.6 Å². The second kappa shape index (κ2) is 8.73. The maximum absolute atomic E-state index is 12.3. The Labute approximate surface area is 183 Å². The molecule has 0 atom stereocenters. The fourth-order valence-corrected chi connectivity index (χ4v) is 6.08. The third-order valence-corrected chi connectivity index (χ3v) is 7.38. The Kier molecular flexibility index (Phi) is 6.06. The third-order valence-electron chi connectivity index (χ3n) is 5.19. The quantitative estimate of drug-likeness (QED) is 0.448. The smallest absolute Gasteiger partial charge is 0.243 e. The van der Waals surface area contributed by atoms with E-state index in [2.05, 4.69) is 20.6 Å². The SMILES string of the molecule is Cc1cc(C)c(NC(=O)CNC(=O)CSc2ncnc3sc4c(c23)CCC4)c(C)c1. The van der Waals surface area contributed by atoms with E-state index < -0.39 is 0 Å². The van der Waals surface area contributed by atoms with Crippen molar-refractivity contribution >= 4 is 50.8 Å². The maximum Gasteiger partial charge on any atom is 0.243 e. The van der Waals surface area contributed by atoms with Crippen LogP contribution in [0.3, 0.4) is 0 Å². The van der Waals surface area contributed by atoms with Gasteiger partial charge in [0.25, 0.3) is 0 Å². The van der Waals surface area contributed by atoms with Crippen LogP contribution in [0.5, 0.6) is 0 Å². The van der Waals surface area contributed by atoms with Gasteiger partial charge in [0.1, 0.15) is 16.2 Å². The number of aromatic nitrogens is 2. The van der Waals surface area contributed by atoms with Gasteiger partial charge < -0.3 is 10.6 Å². The van der Waals surface area contributed by atoms with E-state index in [9.17, 15) is 9.59 Å². The van der Waals surface area contributed by atoms with Crippen LogP contribution in [0.2, 0.25) is 0 Å². The van der Waals surface area contributed by atoms with Gasteiger partial charge in [-0.3, -0.25) is 9.59 Å². The molecule has 0 radical (unpaired) electrons. The summed E-state index contributed by atoms with van der Waals surface area (Å²) in [4.78, 5) is 35.8. The monoisotopic (exact) mass is 440 g/mol. The topological polar surface area (TPSA) is 84.0 Å². The van der Waals surface area contributed by atoms with Gasteiger partial charge in [0.15, 0.2) is 0 Å². The fraction of sp³-hybridized carbons (Fsp3) is 0.364. The van der Waals surface area contributed by atoms with E-state index in [0.717, 1.165) is 50.5 Å². The van der Waals surface area contributed by atoms with Gasteiger partial charge in [-0.05, 0) is 56.7 Å². The van der Waals surface area contributed by atoms with Crippen LogP contribution in [0.4, 0.5) is 5.69 Å². The van der Waals surface area contributed by atoms with Crippen LogP contribution in [0.25, 0.3) is 10.2 Å². The van der Waals surface area contributed by atoms with E-state index in [1.165, 1.54) is 28.6 Å². The fourth-order valence-electron chi connectivity index (χ4n) is 3.93. The molecule has 0 fully saturated rings. The minimum absolute atomic E-state index is 0.0564. The third kappa shape index (κ3) is 4.34. The number of benzene rings is 1. The molecule has 0 unspecified atom stereocenters. The second-order valence-electron chi connectivity index (χ2n) is 7.60. The molecule has 2 aromatic heterocycles. The highest BCUT2D eigenvalue weighted by Crippen LogP contribution is 2.39. The number of hydrogen-bond donors (Lipinski definition) is 2. The molecule has 3 aromatic rings. The van der Waals surface area contributed by atoms with Gasteiger partial charge in [-0.1, -0.05) is 29.5 Å². The van der Waals surface area contributed by atoms with Gasteiger partial charge in [0, 0.05) is 16.0 Å². The van der Waals surface area contributed by atoms with E-state index in [0.29, 0.717) is 0 Å². The highest BCUT2D eigenvalue weighted by Gasteiger charge is 2.21. The molecule has 0 spiro atoms. The van der Waals surface area contributed by atoms with Crippen molar-refractivity contribution < 1.29 is 9.59 Å². The molecular formula is C22H24N4O2S2. The van der Waals surface area contributed by atoms with Crippen LogP contribution in [0.1, 0.15) is 33.6 Å². The number of thioether (sulfide) groups is 1. The zero-order valence-corrected chi connectivity index (χ0v) is 18.9. The second-order valence-corrected chi connectivity index (χ2v) is 9.65. The lowest BCUT2D eigenvalue weighted by Gasteiger charge is -2.13. The highest BCUT2D eigenvalue weighted by molar-refractivity contribution is 8.00. The van der Waals surface area contributed by atoms with Crippen LogP contribution >= 0.6 is 23.1 Å². The first kappa shape index (κ1) is 20.8. The molecule has 8 heteroatoms. The lowest BCUT2D eigenvalue weighted by Crippen LogP contribution is -2.34. The molecule has 1 aromatic carbocycles. The summed E-state index contributed by atoms with van der Waals surface area (Å²) in [5, 5.41) is 7.57. The number of thiophene rings is 1. The van der Waals surface area contributed by atoms with Crippen molar-refractivity contribution in [1.29, 1.82) is 0 Å². The Morgan fingerprint density at radius 1 is 1.10 bits per heavy atom. The van der Waals surface area contributed by atoms with Crippen molar-refractivity contribution in [2.75, 3.05) is 17.6 Å². The van der Waals surface area contributed by atoms with Crippen LogP contribution in [0, 0.1) is 20.8 Å². The number of amides is 2. The number of anilines is 1. The molecule has 2 amide bonds. The van der Waals surface area contributed by atoms with Gasteiger partial charge in [-0.15, -0.1) is 11.3 Å². The molecule has 1 aliphatic carbocycles. The molecule has 0 saturated carbocycles. The summed E-state index contributed by atoms with van der Waals surface area (Å²) in [7, 11) is 0. The van der Waals surface area contributed by atoms with E-state index in [1.807, 2.05) is 32.9 Å². The Morgan fingerprint density at radius 2 is 1.87 bits per heavy atom. The number of nitrogens with one attached hydrogen (secondary N) is 2. The van der Waals surface area contributed by atoms with E-state index in [1.54, 1.807) is 17.7 Å². The number of nitrogens with zero attached hydrogens (tertiary/aromatic N) is 2. The predicted molar refractivity (Wildman–Crippen MR) is 122 cm³/mol. The normalized spacial score (nSPS) is 12.8. The first-order chi connectivity index (χ1) is 14.4. The molecule has 4 rings (SSSR count). The maximum atomic E-state index is 12.3. The summed E-state index contributed by atoms with van der Waals surface area (Å²) in [5.41, 5.74) is 5.34. The average molecular weight is 441 g/mol. The Hall–Kier alpha value is -2.45. The minimum Gasteiger partial charge on any atom is -0.346 e. The lowest BCUT2D eigenvalue weighted by molar-refractivity contribution is -0.122. The van der Waals surface area contributed by atoms with Crippen molar-refractivity contribution in [3.8, 4) is 0 Å². The van der Waals surface area contributed by atoms with Gasteiger partial charge >= 0.3 is 0 Å². The molecule has 2 heterocycles. The van der Waals surface area contributed by atoms with Crippen molar-refractivity contribution in [2.24, 2.45) is 0 Å². The first-order valence-corrected chi connectivity index (χ1v) is 11.7.